The Morgan fingerprint density at radius 2 is 2.10 bits per heavy atom. The van der Waals surface area contributed by atoms with E-state index < -0.39 is 6.10 Å². The lowest BCUT2D eigenvalue weighted by Crippen LogP contribution is -2.45. The first-order chi connectivity index (χ1) is 15.0. The number of aliphatic hydroxyl groups is 1. The molecule has 3 heterocycles. The number of amidine groups is 1. The van der Waals surface area contributed by atoms with Crippen LogP contribution in [0.1, 0.15) is 18.1 Å². The molecule has 0 fully saturated rings. The van der Waals surface area contributed by atoms with Gasteiger partial charge in [0.15, 0.2) is 0 Å². The summed E-state index contributed by atoms with van der Waals surface area (Å²) in [6, 6.07) is 10.3. The summed E-state index contributed by atoms with van der Waals surface area (Å²) in [5.41, 5.74) is 2.70. The molecule has 8 heteroatoms. The number of rotatable bonds is 6. The zero-order valence-electron chi connectivity index (χ0n) is 18.0. The predicted octanol–water partition coefficient (Wildman–Crippen LogP) is 1.55. The fraction of sp³-hybridized carbons (Fsp3) is 0.435. The summed E-state index contributed by atoms with van der Waals surface area (Å²) in [4.78, 5) is 19.4. The molecule has 8 nitrogen and oxygen atoms in total. The SMILES string of the molecule is CC1C(Nc2ccnn2C)=NC=CC1C(=O)NC[C@H](O)CN1CCc2ccccc2C1. The number of β-amino-alcohol motifs (C(OH)–C–C–N with tert-alkyl or cyclic N) is 1. The number of nitrogens with one attached hydrogen (secondary N) is 2. The van der Waals surface area contributed by atoms with Crippen LogP contribution in [-0.2, 0) is 24.8 Å². The minimum absolute atomic E-state index is 0.106. The van der Waals surface area contributed by atoms with Gasteiger partial charge in [0.25, 0.3) is 0 Å². The zero-order valence-corrected chi connectivity index (χ0v) is 18.0. The third-order valence-electron chi connectivity index (χ3n) is 6.05. The lowest BCUT2D eigenvalue weighted by atomic mass is 9.90. The Morgan fingerprint density at radius 1 is 1.29 bits per heavy atom. The van der Waals surface area contributed by atoms with E-state index in [2.05, 4.69) is 49.9 Å². The summed E-state index contributed by atoms with van der Waals surface area (Å²) < 4.78 is 1.72. The van der Waals surface area contributed by atoms with Crippen molar-refractivity contribution in [3.05, 3.63) is 59.9 Å². The lowest BCUT2D eigenvalue weighted by Gasteiger charge is -2.30. The van der Waals surface area contributed by atoms with Gasteiger partial charge in [0.1, 0.15) is 11.7 Å². The molecule has 0 bridgehead atoms. The number of anilines is 1. The molecule has 2 unspecified atom stereocenters. The molecule has 1 amide bonds. The van der Waals surface area contributed by atoms with E-state index in [4.69, 9.17) is 0 Å². The highest BCUT2D eigenvalue weighted by atomic mass is 16.3. The van der Waals surface area contributed by atoms with Crippen LogP contribution in [0.4, 0.5) is 5.82 Å². The smallest absolute Gasteiger partial charge is 0.227 e. The quantitative estimate of drug-likeness (QED) is 0.657. The molecule has 0 radical (unpaired) electrons. The Morgan fingerprint density at radius 3 is 2.87 bits per heavy atom. The second kappa shape index (κ2) is 9.45. The van der Waals surface area contributed by atoms with Gasteiger partial charge in [-0.05, 0) is 17.5 Å². The van der Waals surface area contributed by atoms with E-state index >= 15 is 0 Å². The number of aromatic nitrogens is 2. The summed E-state index contributed by atoms with van der Waals surface area (Å²) in [6.45, 7) is 4.50. The minimum atomic E-state index is -0.613. The highest BCUT2D eigenvalue weighted by Crippen LogP contribution is 2.22. The van der Waals surface area contributed by atoms with Crippen molar-refractivity contribution in [1.29, 1.82) is 0 Å². The standard InChI is InChI=1S/C23H30N6O2/c1-16-20(7-10-24-22(16)27-21-8-11-26-28(21)2)23(31)25-13-19(30)15-29-12-9-17-5-3-4-6-18(17)14-29/h3-8,10-11,16,19-20,30H,9,12-15H2,1-2H3,(H,24,27)(H,25,31)/t16?,19-,20?/m0/s1. The molecule has 2 aliphatic rings. The third-order valence-corrected chi connectivity index (χ3v) is 6.05. The number of nitrogens with zero attached hydrogens (tertiary/aromatic N) is 4. The fourth-order valence-electron chi connectivity index (χ4n) is 4.17. The highest BCUT2D eigenvalue weighted by molar-refractivity contribution is 6.00. The van der Waals surface area contributed by atoms with Gasteiger partial charge >= 0.3 is 0 Å². The lowest BCUT2D eigenvalue weighted by molar-refractivity contribution is -0.124. The average Bonchev–Trinajstić information content (AvgIpc) is 3.18. The Hall–Kier alpha value is -2.97. The summed E-state index contributed by atoms with van der Waals surface area (Å²) >= 11 is 0. The van der Waals surface area contributed by atoms with Crippen LogP contribution in [0, 0.1) is 11.8 Å². The van der Waals surface area contributed by atoms with Gasteiger partial charge in [0.2, 0.25) is 5.91 Å². The molecule has 164 valence electrons. The summed E-state index contributed by atoms with van der Waals surface area (Å²) in [7, 11) is 1.85. The maximum atomic E-state index is 12.8. The second-order valence-electron chi connectivity index (χ2n) is 8.29. The van der Waals surface area contributed by atoms with Gasteiger partial charge in [0.05, 0.1) is 18.2 Å². The van der Waals surface area contributed by atoms with Gasteiger partial charge in [-0.3, -0.25) is 14.4 Å². The van der Waals surface area contributed by atoms with Gasteiger partial charge in [-0.15, -0.1) is 0 Å². The molecule has 4 rings (SSSR count). The van der Waals surface area contributed by atoms with Crippen molar-refractivity contribution >= 4 is 17.6 Å². The molecule has 0 saturated heterocycles. The normalized spacial score (nSPS) is 21.8. The van der Waals surface area contributed by atoms with Crippen molar-refractivity contribution in [3.63, 3.8) is 0 Å². The maximum Gasteiger partial charge on any atom is 0.227 e. The van der Waals surface area contributed by atoms with Crippen molar-refractivity contribution in [2.24, 2.45) is 23.9 Å². The van der Waals surface area contributed by atoms with Crippen LogP contribution in [0.5, 0.6) is 0 Å². The molecule has 3 atom stereocenters. The molecule has 0 saturated carbocycles. The van der Waals surface area contributed by atoms with Crippen molar-refractivity contribution < 1.29 is 9.90 Å². The molecule has 1 aromatic heterocycles. The van der Waals surface area contributed by atoms with Crippen molar-refractivity contribution in [2.45, 2.75) is 26.0 Å². The summed E-state index contributed by atoms with van der Waals surface area (Å²) in [5, 5.41) is 20.8. The first kappa shape index (κ1) is 21.3. The Bertz CT molecular complexity index is 982. The molecule has 2 aliphatic heterocycles. The van der Waals surface area contributed by atoms with Crippen LogP contribution in [0.15, 0.2) is 53.8 Å². The van der Waals surface area contributed by atoms with Gasteiger partial charge in [-0.1, -0.05) is 37.3 Å². The van der Waals surface area contributed by atoms with E-state index in [0.717, 1.165) is 31.2 Å². The van der Waals surface area contributed by atoms with Crippen molar-refractivity contribution in [2.75, 3.05) is 25.0 Å². The van der Waals surface area contributed by atoms with E-state index in [-0.39, 0.29) is 24.3 Å². The molecule has 31 heavy (non-hydrogen) atoms. The van der Waals surface area contributed by atoms with Gasteiger partial charge in [-0.2, -0.15) is 5.10 Å². The van der Waals surface area contributed by atoms with E-state index in [1.54, 1.807) is 17.1 Å². The number of hydrogen-bond donors (Lipinski definition) is 3. The van der Waals surface area contributed by atoms with Crippen molar-refractivity contribution in [3.8, 4) is 0 Å². The molecule has 2 aromatic rings. The second-order valence-corrected chi connectivity index (χ2v) is 8.29. The number of benzene rings is 1. The molecule has 1 aromatic carbocycles. The van der Waals surface area contributed by atoms with Crippen LogP contribution in [0.25, 0.3) is 0 Å². The molecule has 0 spiro atoms. The van der Waals surface area contributed by atoms with Gasteiger partial charge in [-0.25, -0.2) is 4.99 Å². The number of hydrogen-bond acceptors (Lipinski definition) is 6. The first-order valence-corrected chi connectivity index (χ1v) is 10.8. The number of amides is 1. The topological polar surface area (TPSA) is 94.8 Å². The molecule has 3 N–H and O–H groups in total. The summed E-state index contributed by atoms with van der Waals surface area (Å²) in [5.74, 6) is 0.973. The Balaban J connectivity index is 1.26. The zero-order chi connectivity index (χ0) is 21.8. The predicted molar refractivity (Wildman–Crippen MR) is 120 cm³/mol. The van der Waals surface area contributed by atoms with Gasteiger partial charge in [0, 0.05) is 51.4 Å². The van der Waals surface area contributed by atoms with E-state index in [1.165, 1.54) is 11.1 Å². The fourth-order valence-corrected chi connectivity index (χ4v) is 4.17. The monoisotopic (exact) mass is 422 g/mol. The number of aliphatic imine (C=N–C) groups is 1. The number of carbonyl (C=O) groups is 1. The van der Waals surface area contributed by atoms with Crippen LogP contribution in [0.3, 0.4) is 0 Å². The highest BCUT2D eigenvalue weighted by Gasteiger charge is 2.29. The van der Waals surface area contributed by atoms with Crippen LogP contribution in [-0.4, -0.2) is 57.3 Å². The number of aryl methyl sites for hydroxylation is 1. The van der Waals surface area contributed by atoms with Crippen LogP contribution < -0.4 is 10.6 Å². The van der Waals surface area contributed by atoms with Crippen LogP contribution in [0.2, 0.25) is 0 Å². The molecular weight excluding hydrogens is 392 g/mol. The first-order valence-electron chi connectivity index (χ1n) is 10.8. The summed E-state index contributed by atoms with van der Waals surface area (Å²) in [6.07, 6.45) is 5.55. The van der Waals surface area contributed by atoms with E-state index in [0.29, 0.717) is 6.54 Å². The number of fused-ring (bicyclic) bond motifs is 1. The van der Waals surface area contributed by atoms with Crippen molar-refractivity contribution in [1.82, 2.24) is 20.0 Å². The molecular formula is C23H30N6O2. The van der Waals surface area contributed by atoms with E-state index in [9.17, 15) is 9.90 Å². The third kappa shape index (κ3) is 5.03. The number of carbonyl (C=O) groups excluding carboxylic acids is 1. The van der Waals surface area contributed by atoms with Gasteiger partial charge < -0.3 is 15.7 Å². The Kier molecular flexibility index (Phi) is 6.48. The maximum absolute atomic E-state index is 12.8. The largest absolute Gasteiger partial charge is 0.390 e. The Labute approximate surface area is 182 Å². The number of aliphatic hydroxyl groups excluding tert-OH is 1. The molecule has 0 aliphatic carbocycles. The van der Waals surface area contributed by atoms with Crippen LogP contribution >= 0.6 is 0 Å². The van der Waals surface area contributed by atoms with E-state index in [1.807, 2.05) is 26.1 Å². The minimum Gasteiger partial charge on any atom is -0.390 e. The average molecular weight is 423 g/mol.